The van der Waals surface area contributed by atoms with Gasteiger partial charge in [-0.15, -0.1) is 10.2 Å². The Morgan fingerprint density at radius 3 is 2.31 bits per heavy atom. The lowest BCUT2D eigenvalue weighted by atomic mass is 9.96. The van der Waals surface area contributed by atoms with Crippen molar-refractivity contribution in [3.8, 4) is 5.75 Å². The van der Waals surface area contributed by atoms with Gasteiger partial charge in [-0.1, -0.05) is 0 Å². The number of amides is 1. The van der Waals surface area contributed by atoms with Crippen molar-refractivity contribution >= 4 is 11.9 Å². The van der Waals surface area contributed by atoms with Crippen LogP contribution in [0.1, 0.15) is 39.4 Å². The molecule has 2 N–H and O–H groups in total. The van der Waals surface area contributed by atoms with Crippen LogP contribution in [0.2, 0.25) is 0 Å². The quantitative estimate of drug-likeness (QED) is 0.790. The Bertz CT molecular complexity index is 884. The molecule has 1 fully saturated rings. The summed E-state index contributed by atoms with van der Waals surface area (Å²) in [4.78, 5) is 13.4. The predicted octanol–water partition coefficient (Wildman–Crippen LogP) is 2.73. The lowest BCUT2D eigenvalue weighted by Gasteiger charge is -2.32. The van der Waals surface area contributed by atoms with Crippen molar-refractivity contribution in [3.05, 3.63) is 35.4 Å². The van der Waals surface area contributed by atoms with Crippen molar-refractivity contribution in [1.82, 2.24) is 14.8 Å². The molecule has 2 aromatic rings. The first-order valence-corrected chi connectivity index (χ1v) is 9.45. The zero-order chi connectivity index (χ0) is 21.3. The standard InChI is InChI=1S/C19H24F3N5O2/c1-4-27-17(19(2,3)29-15-13(21)9-12(20)10-14(15)22)24-25-18(27)26-7-5-11(6-8-26)16(23)28/h9-11H,4-8H2,1-3H3,(H2,23,28). The number of piperidine rings is 1. The maximum atomic E-state index is 14.0. The summed E-state index contributed by atoms with van der Waals surface area (Å²) in [7, 11) is 0. The predicted molar refractivity (Wildman–Crippen MR) is 99.8 cm³/mol. The van der Waals surface area contributed by atoms with E-state index in [0.717, 1.165) is 0 Å². The van der Waals surface area contributed by atoms with Crippen molar-refractivity contribution in [2.24, 2.45) is 11.7 Å². The number of hydrogen-bond acceptors (Lipinski definition) is 5. The van der Waals surface area contributed by atoms with Crippen LogP contribution in [0, 0.1) is 23.4 Å². The molecule has 1 saturated heterocycles. The van der Waals surface area contributed by atoms with E-state index in [9.17, 15) is 18.0 Å². The van der Waals surface area contributed by atoms with Gasteiger partial charge in [0.15, 0.2) is 28.8 Å². The molecule has 158 valence electrons. The number of rotatable bonds is 6. The van der Waals surface area contributed by atoms with E-state index in [2.05, 4.69) is 10.2 Å². The van der Waals surface area contributed by atoms with Gasteiger partial charge in [0, 0.05) is 37.7 Å². The zero-order valence-electron chi connectivity index (χ0n) is 16.6. The van der Waals surface area contributed by atoms with Crippen molar-refractivity contribution in [3.63, 3.8) is 0 Å². The van der Waals surface area contributed by atoms with E-state index >= 15 is 0 Å². The molecular weight excluding hydrogens is 387 g/mol. The number of primary amides is 1. The molecule has 0 atom stereocenters. The second kappa shape index (κ2) is 7.92. The number of ether oxygens (including phenoxy) is 1. The van der Waals surface area contributed by atoms with Crippen LogP contribution < -0.4 is 15.4 Å². The number of carbonyl (C=O) groups excluding carboxylic acids is 1. The summed E-state index contributed by atoms with van der Waals surface area (Å²) in [6, 6.07) is 1.13. The molecule has 3 rings (SSSR count). The highest BCUT2D eigenvalue weighted by molar-refractivity contribution is 5.76. The lowest BCUT2D eigenvalue weighted by molar-refractivity contribution is -0.122. The van der Waals surface area contributed by atoms with E-state index in [1.165, 1.54) is 0 Å². The van der Waals surface area contributed by atoms with E-state index in [-0.39, 0.29) is 11.8 Å². The number of anilines is 1. The Labute approximate surface area is 166 Å². The SMILES string of the molecule is CCn1c(N2CCC(C(N)=O)CC2)nnc1C(C)(C)Oc1c(F)cc(F)cc1F. The number of aromatic nitrogens is 3. The van der Waals surface area contributed by atoms with Gasteiger partial charge in [0.1, 0.15) is 5.82 Å². The molecule has 0 saturated carbocycles. The molecule has 1 aromatic heterocycles. The molecule has 1 aliphatic rings. The van der Waals surface area contributed by atoms with E-state index in [1.54, 1.807) is 18.4 Å². The number of carbonyl (C=O) groups is 1. The van der Waals surface area contributed by atoms with E-state index < -0.39 is 28.8 Å². The average molecular weight is 411 g/mol. The normalized spacial score (nSPS) is 15.6. The van der Waals surface area contributed by atoms with Crippen LogP contribution >= 0.6 is 0 Å². The molecule has 2 heterocycles. The topological polar surface area (TPSA) is 86.3 Å². The molecule has 0 bridgehead atoms. The third-order valence-corrected chi connectivity index (χ3v) is 5.09. The number of halogens is 3. The Balaban J connectivity index is 1.87. The van der Waals surface area contributed by atoms with Gasteiger partial charge >= 0.3 is 0 Å². The smallest absolute Gasteiger partial charge is 0.227 e. The van der Waals surface area contributed by atoms with E-state index in [0.29, 0.717) is 56.4 Å². The van der Waals surface area contributed by atoms with Crippen LogP contribution in [-0.4, -0.2) is 33.8 Å². The van der Waals surface area contributed by atoms with Crippen molar-refractivity contribution in [2.75, 3.05) is 18.0 Å². The van der Waals surface area contributed by atoms with Gasteiger partial charge in [-0.2, -0.15) is 0 Å². The van der Waals surface area contributed by atoms with E-state index in [4.69, 9.17) is 10.5 Å². The lowest BCUT2D eigenvalue weighted by Crippen LogP contribution is -2.40. The number of benzene rings is 1. The maximum Gasteiger partial charge on any atom is 0.227 e. The summed E-state index contributed by atoms with van der Waals surface area (Å²) in [5.74, 6) is -3.47. The summed E-state index contributed by atoms with van der Waals surface area (Å²) in [5, 5.41) is 8.44. The highest BCUT2D eigenvalue weighted by atomic mass is 19.1. The van der Waals surface area contributed by atoms with Crippen LogP contribution in [-0.2, 0) is 16.9 Å². The third-order valence-electron chi connectivity index (χ3n) is 5.09. The molecule has 1 amide bonds. The fourth-order valence-corrected chi connectivity index (χ4v) is 3.56. The van der Waals surface area contributed by atoms with E-state index in [1.807, 2.05) is 11.8 Å². The highest BCUT2D eigenvalue weighted by Gasteiger charge is 2.34. The average Bonchev–Trinajstić information content (AvgIpc) is 3.10. The molecule has 1 aromatic carbocycles. The Morgan fingerprint density at radius 1 is 1.21 bits per heavy atom. The summed E-state index contributed by atoms with van der Waals surface area (Å²) in [6.07, 6.45) is 1.24. The van der Waals surface area contributed by atoms with Crippen molar-refractivity contribution in [2.45, 2.75) is 45.8 Å². The molecule has 7 nitrogen and oxygen atoms in total. The first-order chi connectivity index (χ1) is 13.6. The molecule has 0 spiro atoms. The first-order valence-electron chi connectivity index (χ1n) is 9.45. The fourth-order valence-electron chi connectivity index (χ4n) is 3.56. The van der Waals surface area contributed by atoms with Crippen LogP contribution in [0.15, 0.2) is 12.1 Å². The van der Waals surface area contributed by atoms with Gasteiger partial charge in [-0.05, 0) is 33.6 Å². The summed E-state index contributed by atoms with van der Waals surface area (Å²) in [6.45, 7) is 6.78. The zero-order valence-corrected chi connectivity index (χ0v) is 16.6. The second-order valence-corrected chi connectivity index (χ2v) is 7.54. The van der Waals surface area contributed by atoms with Crippen molar-refractivity contribution < 1.29 is 22.7 Å². The summed E-state index contributed by atoms with van der Waals surface area (Å²) >= 11 is 0. The number of nitrogens with two attached hydrogens (primary N) is 1. The van der Waals surface area contributed by atoms with Gasteiger partial charge < -0.3 is 15.4 Å². The van der Waals surface area contributed by atoms with Gasteiger partial charge in [-0.3, -0.25) is 9.36 Å². The molecule has 0 radical (unpaired) electrons. The van der Waals surface area contributed by atoms with Gasteiger partial charge in [0.2, 0.25) is 11.9 Å². The Kier molecular flexibility index (Phi) is 5.72. The number of hydrogen-bond donors (Lipinski definition) is 1. The Hall–Kier alpha value is -2.78. The maximum absolute atomic E-state index is 14.0. The van der Waals surface area contributed by atoms with Gasteiger partial charge in [-0.25, -0.2) is 13.2 Å². The highest BCUT2D eigenvalue weighted by Crippen LogP contribution is 2.33. The van der Waals surface area contributed by atoms with Gasteiger partial charge in [0.25, 0.3) is 0 Å². The molecule has 1 aliphatic heterocycles. The van der Waals surface area contributed by atoms with Gasteiger partial charge in [0.05, 0.1) is 0 Å². The largest absolute Gasteiger partial charge is 0.474 e. The molecule has 0 unspecified atom stereocenters. The van der Waals surface area contributed by atoms with Crippen LogP contribution in [0.25, 0.3) is 0 Å². The first kappa shape index (κ1) is 20.9. The number of nitrogens with zero attached hydrogens (tertiary/aromatic N) is 4. The molecule has 10 heteroatoms. The second-order valence-electron chi connectivity index (χ2n) is 7.54. The summed E-state index contributed by atoms with van der Waals surface area (Å²) in [5.41, 5.74) is 4.14. The molecule has 0 aliphatic carbocycles. The molecular formula is C19H24F3N5O2. The minimum atomic E-state index is -1.24. The Morgan fingerprint density at radius 2 is 1.79 bits per heavy atom. The minimum Gasteiger partial charge on any atom is -0.474 e. The van der Waals surface area contributed by atoms with Crippen LogP contribution in [0.4, 0.5) is 19.1 Å². The van der Waals surface area contributed by atoms with Crippen molar-refractivity contribution in [1.29, 1.82) is 0 Å². The van der Waals surface area contributed by atoms with Crippen LogP contribution in [0.3, 0.4) is 0 Å². The monoisotopic (exact) mass is 411 g/mol. The molecule has 29 heavy (non-hydrogen) atoms. The summed E-state index contributed by atoms with van der Waals surface area (Å²) < 4.78 is 48.6. The van der Waals surface area contributed by atoms with Crippen LogP contribution in [0.5, 0.6) is 5.75 Å². The third kappa shape index (κ3) is 4.15. The minimum absolute atomic E-state index is 0.159. The fraction of sp³-hybridized carbons (Fsp3) is 0.526.